The van der Waals surface area contributed by atoms with Crippen molar-refractivity contribution in [3.05, 3.63) is 65.2 Å². The second-order valence-electron chi connectivity index (χ2n) is 7.93. The number of fused-ring (bicyclic) bond motifs is 1. The molecule has 0 aliphatic carbocycles. The minimum Gasteiger partial charge on any atom is -0.337 e. The fourth-order valence-electron chi connectivity index (χ4n) is 3.19. The van der Waals surface area contributed by atoms with Crippen molar-refractivity contribution in [1.29, 1.82) is 0 Å². The van der Waals surface area contributed by atoms with E-state index < -0.39 is 10.0 Å². The summed E-state index contributed by atoms with van der Waals surface area (Å²) in [5.41, 5.74) is 3.39. The zero-order valence-corrected chi connectivity index (χ0v) is 16.8. The van der Waals surface area contributed by atoms with Gasteiger partial charge in [-0.2, -0.15) is 0 Å². The van der Waals surface area contributed by atoms with Crippen molar-refractivity contribution >= 4 is 15.9 Å². The second kappa shape index (κ2) is 7.44. The van der Waals surface area contributed by atoms with Crippen LogP contribution in [0.4, 0.5) is 0 Å². The highest BCUT2D eigenvalue weighted by Crippen LogP contribution is 2.23. The number of amides is 1. The van der Waals surface area contributed by atoms with E-state index in [2.05, 4.69) is 31.6 Å². The third-order valence-electron chi connectivity index (χ3n) is 4.93. The van der Waals surface area contributed by atoms with Crippen molar-refractivity contribution in [2.45, 2.75) is 44.0 Å². The monoisotopic (exact) mass is 386 g/mol. The molecule has 6 heteroatoms. The van der Waals surface area contributed by atoms with E-state index in [0.29, 0.717) is 13.1 Å². The Bertz CT molecular complexity index is 929. The fourth-order valence-corrected chi connectivity index (χ4v) is 4.17. The molecule has 3 rings (SSSR count). The van der Waals surface area contributed by atoms with E-state index >= 15 is 0 Å². The van der Waals surface area contributed by atoms with Crippen LogP contribution < -0.4 is 4.72 Å². The van der Waals surface area contributed by atoms with Gasteiger partial charge in [0.1, 0.15) is 0 Å². The molecule has 0 atom stereocenters. The quantitative estimate of drug-likeness (QED) is 0.879. The number of nitrogens with one attached hydrogen (secondary N) is 1. The van der Waals surface area contributed by atoms with E-state index in [0.717, 1.165) is 17.5 Å². The van der Waals surface area contributed by atoms with E-state index in [9.17, 15) is 13.2 Å². The Balaban J connectivity index is 1.63. The number of rotatable bonds is 4. The smallest absolute Gasteiger partial charge is 0.241 e. The summed E-state index contributed by atoms with van der Waals surface area (Å²) in [5.74, 6) is -0.209. The Labute approximate surface area is 161 Å². The third kappa shape index (κ3) is 4.57. The molecule has 27 heavy (non-hydrogen) atoms. The molecule has 5 nitrogen and oxygen atoms in total. The van der Waals surface area contributed by atoms with E-state index in [1.165, 1.54) is 5.56 Å². The molecular weight excluding hydrogens is 360 g/mol. The van der Waals surface area contributed by atoms with Crippen LogP contribution in [0.5, 0.6) is 0 Å². The van der Waals surface area contributed by atoms with Gasteiger partial charge in [-0.05, 0) is 40.7 Å². The van der Waals surface area contributed by atoms with Crippen molar-refractivity contribution in [3.8, 4) is 0 Å². The average Bonchev–Trinajstić information content (AvgIpc) is 2.65. The second-order valence-corrected chi connectivity index (χ2v) is 9.70. The topological polar surface area (TPSA) is 66.5 Å². The van der Waals surface area contributed by atoms with Crippen molar-refractivity contribution < 1.29 is 13.2 Å². The van der Waals surface area contributed by atoms with Crippen LogP contribution in [0, 0.1) is 0 Å². The van der Waals surface area contributed by atoms with E-state index in [-0.39, 0.29) is 22.8 Å². The van der Waals surface area contributed by atoms with Crippen LogP contribution >= 0.6 is 0 Å². The Morgan fingerprint density at radius 2 is 1.67 bits per heavy atom. The molecule has 0 fully saturated rings. The summed E-state index contributed by atoms with van der Waals surface area (Å²) < 4.78 is 27.4. The highest BCUT2D eigenvalue weighted by atomic mass is 32.2. The molecule has 0 spiro atoms. The first-order chi connectivity index (χ1) is 12.7. The van der Waals surface area contributed by atoms with Crippen LogP contribution in [0.2, 0.25) is 0 Å². The van der Waals surface area contributed by atoms with Crippen molar-refractivity contribution in [3.63, 3.8) is 0 Å². The summed E-state index contributed by atoms with van der Waals surface area (Å²) in [4.78, 5) is 14.3. The standard InChI is InChI=1S/C21H26N2O3S/c1-21(2,3)18-8-10-19(11-9-18)27(25,26)22-14-20(24)23-13-12-16-6-4-5-7-17(16)15-23/h4-11,22H,12-15H2,1-3H3. The van der Waals surface area contributed by atoms with Crippen LogP contribution in [-0.2, 0) is 33.2 Å². The molecule has 1 amide bonds. The number of carbonyl (C=O) groups is 1. The molecule has 1 aliphatic heterocycles. The van der Waals surface area contributed by atoms with Crippen LogP contribution in [0.15, 0.2) is 53.4 Å². The van der Waals surface area contributed by atoms with Gasteiger partial charge >= 0.3 is 0 Å². The largest absolute Gasteiger partial charge is 0.337 e. The maximum absolute atomic E-state index is 12.5. The predicted octanol–water partition coefficient (Wildman–Crippen LogP) is 2.85. The van der Waals surface area contributed by atoms with Gasteiger partial charge in [-0.3, -0.25) is 4.79 Å². The molecular formula is C21H26N2O3S. The molecule has 2 aromatic carbocycles. The molecule has 0 bridgehead atoms. The number of sulfonamides is 1. The number of hydrogen-bond donors (Lipinski definition) is 1. The van der Waals surface area contributed by atoms with E-state index in [4.69, 9.17) is 0 Å². The van der Waals surface area contributed by atoms with Gasteiger partial charge in [0.05, 0.1) is 11.4 Å². The summed E-state index contributed by atoms with van der Waals surface area (Å²) >= 11 is 0. The number of hydrogen-bond acceptors (Lipinski definition) is 3. The number of carbonyl (C=O) groups excluding carboxylic acids is 1. The van der Waals surface area contributed by atoms with Crippen LogP contribution in [0.3, 0.4) is 0 Å². The van der Waals surface area contributed by atoms with Gasteiger partial charge in [-0.15, -0.1) is 0 Å². The first-order valence-electron chi connectivity index (χ1n) is 9.11. The molecule has 1 aliphatic rings. The van der Waals surface area contributed by atoms with Gasteiger partial charge in [-0.1, -0.05) is 57.2 Å². The summed E-state index contributed by atoms with van der Waals surface area (Å²) in [7, 11) is -3.71. The van der Waals surface area contributed by atoms with Gasteiger partial charge < -0.3 is 4.90 Å². The highest BCUT2D eigenvalue weighted by Gasteiger charge is 2.23. The lowest BCUT2D eigenvalue weighted by Gasteiger charge is -2.29. The SMILES string of the molecule is CC(C)(C)c1ccc(S(=O)(=O)NCC(=O)N2CCc3ccccc3C2)cc1. The molecule has 1 heterocycles. The Kier molecular flexibility index (Phi) is 5.40. The number of nitrogens with zero attached hydrogens (tertiary/aromatic N) is 1. The van der Waals surface area contributed by atoms with Gasteiger partial charge in [0, 0.05) is 13.1 Å². The molecule has 2 aromatic rings. The average molecular weight is 387 g/mol. The first kappa shape index (κ1) is 19.6. The lowest BCUT2D eigenvalue weighted by molar-refractivity contribution is -0.130. The lowest BCUT2D eigenvalue weighted by Crippen LogP contribution is -2.42. The molecule has 0 radical (unpaired) electrons. The van der Waals surface area contributed by atoms with Gasteiger partial charge in [0.25, 0.3) is 0 Å². The van der Waals surface area contributed by atoms with Crippen molar-refractivity contribution in [2.75, 3.05) is 13.1 Å². The number of benzene rings is 2. The summed E-state index contributed by atoms with van der Waals surface area (Å²) in [6, 6.07) is 14.8. The molecule has 0 unspecified atom stereocenters. The lowest BCUT2D eigenvalue weighted by atomic mass is 9.87. The molecule has 0 saturated carbocycles. The summed E-state index contributed by atoms with van der Waals surface area (Å²) in [6.45, 7) is 7.12. The third-order valence-corrected chi connectivity index (χ3v) is 6.34. The molecule has 0 saturated heterocycles. The summed E-state index contributed by atoms with van der Waals surface area (Å²) in [5, 5.41) is 0. The minimum absolute atomic E-state index is 0.0454. The fraction of sp³-hybridized carbons (Fsp3) is 0.381. The van der Waals surface area contributed by atoms with Crippen LogP contribution in [-0.4, -0.2) is 32.3 Å². The van der Waals surface area contributed by atoms with E-state index in [1.807, 2.05) is 30.3 Å². The van der Waals surface area contributed by atoms with E-state index in [1.54, 1.807) is 17.0 Å². The van der Waals surface area contributed by atoms with Gasteiger partial charge in [-0.25, -0.2) is 13.1 Å². The Morgan fingerprint density at radius 1 is 1.04 bits per heavy atom. The van der Waals surface area contributed by atoms with Gasteiger partial charge in [0.15, 0.2) is 0 Å². The maximum atomic E-state index is 12.5. The zero-order chi connectivity index (χ0) is 19.7. The van der Waals surface area contributed by atoms with Crippen LogP contribution in [0.1, 0.15) is 37.5 Å². The maximum Gasteiger partial charge on any atom is 0.241 e. The molecule has 1 N–H and O–H groups in total. The highest BCUT2D eigenvalue weighted by molar-refractivity contribution is 7.89. The normalized spacial score (nSPS) is 14.7. The zero-order valence-electron chi connectivity index (χ0n) is 16.0. The molecule has 144 valence electrons. The van der Waals surface area contributed by atoms with Crippen LogP contribution in [0.25, 0.3) is 0 Å². The van der Waals surface area contributed by atoms with Gasteiger partial charge in [0.2, 0.25) is 15.9 Å². The predicted molar refractivity (Wildman–Crippen MR) is 106 cm³/mol. The first-order valence-corrected chi connectivity index (χ1v) is 10.6. The minimum atomic E-state index is -3.71. The summed E-state index contributed by atoms with van der Waals surface area (Å²) in [6.07, 6.45) is 0.795. The van der Waals surface area contributed by atoms with Crippen molar-refractivity contribution in [2.24, 2.45) is 0 Å². The Hall–Kier alpha value is -2.18. The molecule has 0 aromatic heterocycles. The van der Waals surface area contributed by atoms with Crippen molar-refractivity contribution in [1.82, 2.24) is 9.62 Å². The Morgan fingerprint density at radius 3 is 2.30 bits per heavy atom.